The predicted octanol–water partition coefficient (Wildman–Crippen LogP) is 2.20. The number of nitro groups is 1. The van der Waals surface area contributed by atoms with Crippen LogP contribution in [0.15, 0.2) is 23.1 Å². The van der Waals surface area contributed by atoms with Crippen LogP contribution in [-0.2, 0) is 10.0 Å². The molecule has 1 aliphatic carbocycles. The van der Waals surface area contributed by atoms with Gasteiger partial charge in [0.05, 0.1) is 9.82 Å². The summed E-state index contributed by atoms with van der Waals surface area (Å²) in [6, 6.07) is 2.47. The fourth-order valence-electron chi connectivity index (χ4n) is 2.15. The third-order valence-corrected chi connectivity index (χ3v) is 4.80. The molecular weight excluding hydrogens is 287 g/mol. The summed E-state index contributed by atoms with van der Waals surface area (Å²) < 4.78 is 40.0. The Hall–Kier alpha value is -1.54. The molecule has 8 heteroatoms. The Morgan fingerprint density at radius 1 is 1.50 bits per heavy atom. The van der Waals surface area contributed by atoms with Gasteiger partial charge in [0.15, 0.2) is 0 Å². The van der Waals surface area contributed by atoms with Gasteiger partial charge in [-0.2, -0.15) is 4.39 Å². The van der Waals surface area contributed by atoms with Crippen LogP contribution in [0.3, 0.4) is 0 Å². The standard InChI is InChI=1S/C12H15FN2O4S/c1-2-3-8-6-11(8)14-20(18,19)9-4-5-12(15(16)17)10(13)7-9/h4-5,7-8,11,14H,2-3,6H2,1H3. The van der Waals surface area contributed by atoms with E-state index < -0.39 is 26.5 Å². The highest BCUT2D eigenvalue weighted by Gasteiger charge is 2.39. The summed E-state index contributed by atoms with van der Waals surface area (Å²) in [5.74, 6) is -0.823. The molecule has 0 bridgehead atoms. The van der Waals surface area contributed by atoms with Gasteiger partial charge in [0, 0.05) is 18.2 Å². The third kappa shape index (κ3) is 3.13. The topological polar surface area (TPSA) is 89.3 Å². The van der Waals surface area contributed by atoms with E-state index in [2.05, 4.69) is 4.72 Å². The first kappa shape index (κ1) is 14.9. The van der Waals surface area contributed by atoms with Crippen LogP contribution >= 0.6 is 0 Å². The van der Waals surface area contributed by atoms with E-state index in [9.17, 15) is 22.9 Å². The maximum absolute atomic E-state index is 13.4. The van der Waals surface area contributed by atoms with Crippen LogP contribution in [0.4, 0.5) is 10.1 Å². The van der Waals surface area contributed by atoms with Crippen LogP contribution in [0.5, 0.6) is 0 Å². The molecule has 110 valence electrons. The lowest BCUT2D eigenvalue weighted by Crippen LogP contribution is -2.27. The van der Waals surface area contributed by atoms with E-state index in [4.69, 9.17) is 0 Å². The van der Waals surface area contributed by atoms with Crippen LogP contribution in [0.25, 0.3) is 0 Å². The average Bonchev–Trinajstić information content (AvgIpc) is 3.06. The van der Waals surface area contributed by atoms with Crippen molar-refractivity contribution in [3.63, 3.8) is 0 Å². The zero-order valence-electron chi connectivity index (χ0n) is 10.9. The highest BCUT2D eigenvalue weighted by Crippen LogP contribution is 2.35. The summed E-state index contributed by atoms with van der Waals surface area (Å²) in [6.45, 7) is 2.02. The third-order valence-electron chi connectivity index (χ3n) is 3.31. The minimum absolute atomic E-state index is 0.113. The second kappa shape index (κ2) is 5.45. The van der Waals surface area contributed by atoms with E-state index >= 15 is 0 Å². The van der Waals surface area contributed by atoms with Crippen molar-refractivity contribution in [1.29, 1.82) is 0 Å². The largest absolute Gasteiger partial charge is 0.304 e. The van der Waals surface area contributed by atoms with E-state index in [-0.39, 0.29) is 10.9 Å². The van der Waals surface area contributed by atoms with Gasteiger partial charge in [-0.25, -0.2) is 13.1 Å². The van der Waals surface area contributed by atoms with Crippen LogP contribution in [-0.4, -0.2) is 19.4 Å². The van der Waals surface area contributed by atoms with Crippen molar-refractivity contribution < 1.29 is 17.7 Å². The van der Waals surface area contributed by atoms with Gasteiger partial charge in [0.25, 0.3) is 0 Å². The Bertz CT molecular complexity index is 632. The molecule has 1 fully saturated rings. The van der Waals surface area contributed by atoms with Gasteiger partial charge in [-0.1, -0.05) is 13.3 Å². The number of rotatable bonds is 6. The van der Waals surface area contributed by atoms with Crippen LogP contribution in [0.1, 0.15) is 26.2 Å². The molecule has 1 aromatic rings. The first-order valence-electron chi connectivity index (χ1n) is 6.31. The lowest BCUT2D eigenvalue weighted by atomic mass is 10.2. The molecule has 20 heavy (non-hydrogen) atoms. The summed E-state index contributed by atoms with van der Waals surface area (Å²) in [4.78, 5) is 9.31. The average molecular weight is 302 g/mol. The van der Waals surface area contributed by atoms with E-state index in [0.29, 0.717) is 12.0 Å². The molecule has 0 saturated heterocycles. The minimum Gasteiger partial charge on any atom is -0.258 e. The molecule has 1 aromatic carbocycles. The smallest absolute Gasteiger partial charge is 0.258 e. The van der Waals surface area contributed by atoms with E-state index in [1.54, 1.807) is 0 Å². The number of benzene rings is 1. The zero-order chi connectivity index (χ0) is 14.9. The maximum atomic E-state index is 13.4. The number of nitrogens with one attached hydrogen (secondary N) is 1. The number of nitro benzene ring substituents is 1. The Morgan fingerprint density at radius 2 is 2.20 bits per heavy atom. The van der Waals surface area contributed by atoms with Crippen molar-refractivity contribution in [3.8, 4) is 0 Å². The van der Waals surface area contributed by atoms with E-state index in [1.165, 1.54) is 0 Å². The van der Waals surface area contributed by atoms with Crippen molar-refractivity contribution in [1.82, 2.24) is 4.72 Å². The lowest BCUT2D eigenvalue weighted by Gasteiger charge is -2.06. The lowest BCUT2D eigenvalue weighted by molar-refractivity contribution is -0.387. The van der Waals surface area contributed by atoms with Crippen LogP contribution in [0.2, 0.25) is 0 Å². The molecule has 0 aliphatic heterocycles. The second-order valence-electron chi connectivity index (χ2n) is 4.88. The Kier molecular flexibility index (Phi) is 4.05. The highest BCUT2D eigenvalue weighted by molar-refractivity contribution is 7.89. The number of sulfonamides is 1. The Balaban J connectivity index is 2.14. The molecule has 1 saturated carbocycles. The van der Waals surface area contributed by atoms with Crippen LogP contribution < -0.4 is 4.72 Å². The molecule has 6 nitrogen and oxygen atoms in total. The monoisotopic (exact) mass is 302 g/mol. The molecule has 2 atom stereocenters. The van der Waals surface area contributed by atoms with Gasteiger partial charge >= 0.3 is 5.69 Å². The van der Waals surface area contributed by atoms with Gasteiger partial charge in [-0.15, -0.1) is 0 Å². The molecule has 2 rings (SSSR count). The summed E-state index contributed by atoms with van der Waals surface area (Å²) in [5, 5.41) is 10.5. The summed E-state index contributed by atoms with van der Waals surface area (Å²) >= 11 is 0. The molecule has 0 aromatic heterocycles. The molecule has 0 amide bonds. The molecule has 1 N–H and O–H groups in total. The Morgan fingerprint density at radius 3 is 2.75 bits per heavy atom. The molecule has 2 unspecified atom stereocenters. The minimum atomic E-state index is -3.83. The van der Waals surface area contributed by atoms with Gasteiger partial charge in [0.1, 0.15) is 0 Å². The van der Waals surface area contributed by atoms with Crippen molar-refractivity contribution in [2.24, 2.45) is 5.92 Å². The fourth-order valence-corrected chi connectivity index (χ4v) is 3.48. The summed E-state index contributed by atoms with van der Waals surface area (Å²) in [7, 11) is -3.83. The molecule has 1 aliphatic rings. The number of hydrogen-bond acceptors (Lipinski definition) is 4. The normalized spacial score (nSPS) is 21.7. The molecule has 0 heterocycles. The van der Waals surface area contributed by atoms with Crippen molar-refractivity contribution in [2.75, 3.05) is 0 Å². The second-order valence-corrected chi connectivity index (χ2v) is 6.60. The number of nitrogens with zero attached hydrogens (tertiary/aromatic N) is 1. The van der Waals surface area contributed by atoms with Gasteiger partial charge in [-0.05, 0) is 24.8 Å². The van der Waals surface area contributed by atoms with Crippen LogP contribution in [0, 0.1) is 21.8 Å². The van der Waals surface area contributed by atoms with Crippen molar-refractivity contribution in [2.45, 2.75) is 37.1 Å². The number of halogens is 1. The summed E-state index contributed by atoms with van der Waals surface area (Å²) in [6.07, 6.45) is 2.71. The summed E-state index contributed by atoms with van der Waals surface area (Å²) in [5.41, 5.74) is -0.737. The van der Waals surface area contributed by atoms with E-state index in [1.807, 2.05) is 6.92 Å². The van der Waals surface area contributed by atoms with Crippen molar-refractivity contribution >= 4 is 15.7 Å². The first-order valence-corrected chi connectivity index (χ1v) is 7.79. The molecular formula is C12H15FN2O4S. The quantitative estimate of drug-likeness (QED) is 0.644. The highest BCUT2D eigenvalue weighted by atomic mass is 32.2. The van der Waals surface area contributed by atoms with E-state index in [0.717, 1.165) is 31.4 Å². The first-order chi connectivity index (χ1) is 9.35. The van der Waals surface area contributed by atoms with Crippen molar-refractivity contribution in [3.05, 3.63) is 34.1 Å². The zero-order valence-corrected chi connectivity index (χ0v) is 11.7. The Labute approximate surface area is 116 Å². The number of hydrogen-bond donors (Lipinski definition) is 1. The van der Waals surface area contributed by atoms with Gasteiger partial charge in [-0.3, -0.25) is 10.1 Å². The fraction of sp³-hybridized carbons (Fsp3) is 0.500. The molecule has 0 spiro atoms. The van der Waals surface area contributed by atoms with Gasteiger partial charge in [0.2, 0.25) is 15.8 Å². The van der Waals surface area contributed by atoms with Gasteiger partial charge < -0.3 is 0 Å². The maximum Gasteiger partial charge on any atom is 0.304 e. The predicted molar refractivity (Wildman–Crippen MR) is 70.2 cm³/mol. The molecule has 0 radical (unpaired) electrons. The SMILES string of the molecule is CCCC1CC1NS(=O)(=O)c1ccc([N+](=O)[O-])c(F)c1.